The number of hydrogen-bond donors (Lipinski definition) is 1. The number of hydrogen-bond acceptors (Lipinski definition) is 2. The van der Waals surface area contributed by atoms with Crippen LogP contribution < -0.4 is 0 Å². The molecule has 0 aromatic carbocycles. The van der Waals surface area contributed by atoms with Gasteiger partial charge in [-0.2, -0.15) is 12.6 Å². The standard InChI is InChI=1S/C7H10OS/c1-6(3-4-9)5-7(2)8/h3-5,9H,1-2H3/b4-3-,6-5+. The molecule has 0 radical (unpaired) electrons. The van der Waals surface area contributed by atoms with Crippen LogP contribution in [0.5, 0.6) is 0 Å². The number of carbonyl (C=O) groups excluding carboxylic acids is 1. The van der Waals surface area contributed by atoms with Crippen molar-refractivity contribution in [1.29, 1.82) is 0 Å². The van der Waals surface area contributed by atoms with Crippen molar-refractivity contribution in [1.82, 2.24) is 0 Å². The summed E-state index contributed by atoms with van der Waals surface area (Å²) < 4.78 is 0. The first-order valence-electron chi connectivity index (χ1n) is 2.66. The maximum atomic E-state index is 10.4. The van der Waals surface area contributed by atoms with Crippen molar-refractivity contribution in [3.05, 3.63) is 23.1 Å². The summed E-state index contributed by atoms with van der Waals surface area (Å²) >= 11 is 3.85. The van der Waals surface area contributed by atoms with Crippen molar-refractivity contribution < 1.29 is 4.79 Å². The van der Waals surface area contributed by atoms with Gasteiger partial charge in [0.05, 0.1) is 0 Å². The Bertz CT molecular complexity index is 156. The Morgan fingerprint density at radius 1 is 1.44 bits per heavy atom. The third-order valence-corrected chi connectivity index (χ3v) is 0.917. The Morgan fingerprint density at radius 2 is 2.00 bits per heavy atom. The average Bonchev–Trinajstić information content (AvgIpc) is 1.63. The fourth-order valence-corrected chi connectivity index (χ4v) is 0.721. The Balaban J connectivity index is 4.00. The fraction of sp³-hybridized carbons (Fsp3) is 0.286. The molecule has 0 bridgehead atoms. The lowest BCUT2D eigenvalue weighted by Gasteiger charge is -1.85. The highest BCUT2D eigenvalue weighted by atomic mass is 32.1. The predicted octanol–water partition coefficient (Wildman–Crippen LogP) is 1.97. The van der Waals surface area contributed by atoms with E-state index in [1.165, 1.54) is 6.92 Å². The fourth-order valence-electron chi connectivity index (χ4n) is 0.486. The zero-order chi connectivity index (χ0) is 7.28. The zero-order valence-electron chi connectivity index (χ0n) is 5.59. The molecule has 0 unspecified atom stereocenters. The van der Waals surface area contributed by atoms with Gasteiger partial charge in [-0.1, -0.05) is 6.08 Å². The number of thiol groups is 1. The van der Waals surface area contributed by atoms with E-state index in [0.717, 1.165) is 5.57 Å². The van der Waals surface area contributed by atoms with Gasteiger partial charge in [-0.15, -0.1) is 0 Å². The Hall–Kier alpha value is -0.500. The second-order valence-electron chi connectivity index (χ2n) is 1.81. The van der Waals surface area contributed by atoms with Crippen LogP contribution in [0.2, 0.25) is 0 Å². The molecule has 0 fully saturated rings. The van der Waals surface area contributed by atoms with E-state index in [4.69, 9.17) is 0 Å². The van der Waals surface area contributed by atoms with E-state index in [2.05, 4.69) is 12.6 Å². The van der Waals surface area contributed by atoms with E-state index in [0.29, 0.717) is 0 Å². The van der Waals surface area contributed by atoms with Crippen LogP contribution in [0.3, 0.4) is 0 Å². The summed E-state index contributed by atoms with van der Waals surface area (Å²) in [7, 11) is 0. The summed E-state index contributed by atoms with van der Waals surface area (Å²) in [5, 5.41) is 1.61. The maximum Gasteiger partial charge on any atom is 0.152 e. The smallest absolute Gasteiger partial charge is 0.152 e. The molecule has 0 spiro atoms. The Labute approximate surface area is 60.9 Å². The highest BCUT2D eigenvalue weighted by Gasteiger charge is 1.83. The summed E-state index contributed by atoms with van der Waals surface area (Å²) in [6.07, 6.45) is 3.33. The average molecular weight is 142 g/mol. The van der Waals surface area contributed by atoms with E-state index in [1.54, 1.807) is 17.6 Å². The molecular formula is C7H10OS. The van der Waals surface area contributed by atoms with Gasteiger partial charge in [0.2, 0.25) is 0 Å². The minimum absolute atomic E-state index is 0.0685. The third-order valence-electron chi connectivity index (χ3n) is 0.768. The first-order valence-corrected chi connectivity index (χ1v) is 3.18. The van der Waals surface area contributed by atoms with Crippen molar-refractivity contribution in [2.24, 2.45) is 0 Å². The summed E-state index contributed by atoms with van der Waals surface area (Å²) in [4.78, 5) is 10.4. The normalized spacial score (nSPS) is 12.6. The van der Waals surface area contributed by atoms with Crippen molar-refractivity contribution in [3.63, 3.8) is 0 Å². The monoisotopic (exact) mass is 142 g/mol. The van der Waals surface area contributed by atoms with E-state index in [1.807, 2.05) is 6.92 Å². The minimum atomic E-state index is 0.0685. The van der Waals surface area contributed by atoms with Crippen LogP contribution in [0.25, 0.3) is 0 Å². The van der Waals surface area contributed by atoms with Gasteiger partial charge in [0.15, 0.2) is 5.78 Å². The topological polar surface area (TPSA) is 17.1 Å². The van der Waals surface area contributed by atoms with Gasteiger partial charge in [0.1, 0.15) is 0 Å². The van der Waals surface area contributed by atoms with Gasteiger partial charge in [-0.05, 0) is 30.9 Å². The van der Waals surface area contributed by atoms with Crippen molar-refractivity contribution in [2.45, 2.75) is 13.8 Å². The van der Waals surface area contributed by atoms with Crippen LogP contribution in [0.4, 0.5) is 0 Å². The quantitative estimate of drug-likeness (QED) is 0.354. The summed E-state index contributed by atoms with van der Waals surface area (Å²) in [6.45, 7) is 3.38. The number of carbonyl (C=O) groups is 1. The van der Waals surface area contributed by atoms with Crippen LogP contribution >= 0.6 is 12.6 Å². The van der Waals surface area contributed by atoms with Crippen LogP contribution in [0.1, 0.15) is 13.8 Å². The largest absolute Gasteiger partial charge is 0.295 e. The van der Waals surface area contributed by atoms with Crippen LogP contribution in [0, 0.1) is 0 Å². The molecule has 0 aromatic heterocycles. The molecule has 0 heterocycles. The molecule has 2 heteroatoms. The SMILES string of the molecule is CC(=O)/C=C(C)/C=C\S. The van der Waals surface area contributed by atoms with E-state index >= 15 is 0 Å². The van der Waals surface area contributed by atoms with Crippen LogP contribution in [-0.4, -0.2) is 5.78 Å². The van der Waals surface area contributed by atoms with Crippen molar-refractivity contribution in [3.8, 4) is 0 Å². The van der Waals surface area contributed by atoms with Gasteiger partial charge in [-0.3, -0.25) is 4.79 Å². The molecule has 0 saturated carbocycles. The first kappa shape index (κ1) is 8.50. The minimum Gasteiger partial charge on any atom is -0.295 e. The number of rotatable bonds is 2. The van der Waals surface area contributed by atoms with E-state index < -0.39 is 0 Å². The summed E-state index contributed by atoms with van der Waals surface area (Å²) in [5.41, 5.74) is 0.928. The molecule has 0 atom stereocenters. The first-order chi connectivity index (χ1) is 4.16. The molecule has 0 rings (SSSR count). The Kier molecular flexibility index (Phi) is 4.14. The molecule has 0 amide bonds. The van der Waals surface area contributed by atoms with E-state index in [-0.39, 0.29) is 5.78 Å². The number of ketones is 1. The second kappa shape index (κ2) is 4.39. The molecule has 50 valence electrons. The maximum absolute atomic E-state index is 10.4. The molecular weight excluding hydrogens is 132 g/mol. The zero-order valence-corrected chi connectivity index (χ0v) is 6.48. The summed E-state index contributed by atoms with van der Waals surface area (Å²) in [6, 6.07) is 0. The predicted molar refractivity (Wildman–Crippen MR) is 42.6 cm³/mol. The van der Waals surface area contributed by atoms with Crippen LogP contribution in [-0.2, 0) is 4.79 Å². The summed E-state index contributed by atoms with van der Waals surface area (Å²) in [5.74, 6) is 0.0685. The van der Waals surface area contributed by atoms with Crippen LogP contribution in [0.15, 0.2) is 23.1 Å². The second-order valence-corrected chi connectivity index (χ2v) is 2.11. The molecule has 0 saturated heterocycles. The van der Waals surface area contributed by atoms with Gasteiger partial charge >= 0.3 is 0 Å². The molecule has 0 N–H and O–H groups in total. The molecule has 9 heavy (non-hydrogen) atoms. The Morgan fingerprint density at radius 3 is 2.33 bits per heavy atom. The third kappa shape index (κ3) is 5.37. The van der Waals surface area contributed by atoms with Crippen molar-refractivity contribution in [2.75, 3.05) is 0 Å². The lowest BCUT2D eigenvalue weighted by molar-refractivity contribution is -0.112. The highest BCUT2D eigenvalue weighted by molar-refractivity contribution is 7.83. The molecule has 0 aliphatic rings. The molecule has 0 aliphatic heterocycles. The van der Waals surface area contributed by atoms with Gasteiger partial charge in [-0.25, -0.2) is 0 Å². The molecule has 0 aromatic rings. The molecule has 1 nitrogen and oxygen atoms in total. The van der Waals surface area contributed by atoms with Gasteiger partial charge in [0.25, 0.3) is 0 Å². The molecule has 0 aliphatic carbocycles. The van der Waals surface area contributed by atoms with Gasteiger partial charge < -0.3 is 0 Å². The van der Waals surface area contributed by atoms with Crippen molar-refractivity contribution >= 4 is 18.4 Å². The lowest BCUT2D eigenvalue weighted by Crippen LogP contribution is -1.81. The highest BCUT2D eigenvalue weighted by Crippen LogP contribution is 1.95. The van der Waals surface area contributed by atoms with Gasteiger partial charge in [0, 0.05) is 0 Å². The lowest BCUT2D eigenvalue weighted by atomic mass is 10.2. The van der Waals surface area contributed by atoms with E-state index in [9.17, 15) is 4.79 Å². The number of allylic oxidation sites excluding steroid dienone is 3.